The molecule has 1 aromatic heterocycles. The summed E-state index contributed by atoms with van der Waals surface area (Å²) in [5.74, 6) is -0.480. The Bertz CT molecular complexity index is 430. The van der Waals surface area contributed by atoms with Gasteiger partial charge in [-0.3, -0.25) is 0 Å². The van der Waals surface area contributed by atoms with Gasteiger partial charge in [-0.1, -0.05) is 11.6 Å². The lowest BCUT2D eigenvalue weighted by Crippen LogP contribution is -2.21. The molecule has 0 unspecified atom stereocenters. The molecule has 1 heterocycles. The molecule has 1 fully saturated rings. The lowest BCUT2D eigenvalue weighted by atomic mass is 9.85. The van der Waals surface area contributed by atoms with Crippen LogP contribution in [0.15, 0.2) is 0 Å². The van der Waals surface area contributed by atoms with Crippen LogP contribution in [0.4, 0.5) is 8.78 Å². The number of nitrogens with zero attached hydrogens (tertiary/aromatic N) is 3. The maximum absolute atomic E-state index is 13.0. The molecular weight excluding hydrogens is 244 g/mol. The Morgan fingerprint density at radius 2 is 2.28 bits per heavy atom. The molecule has 0 saturated heterocycles. The maximum atomic E-state index is 13.0. The van der Waals surface area contributed by atoms with Gasteiger partial charge in [-0.25, -0.2) is 18.3 Å². The summed E-state index contributed by atoms with van der Waals surface area (Å²) in [6.45, 7) is 2.13. The molecule has 5 nitrogen and oxygen atoms in total. The quantitative estimate of drug-likeness (QED) is 0.760. The minimum atomic E-state index is -2.78. The lowest BCUT2D eigenvalue weighted by Gasteiger charge is -2.25. The molecular formula is C11H15F2N3O2. The number of esters is 1. The molecule has 0 aliphatic heterocycles. The molecule has 1 aliphatic rings. The number of rotatable bonds is 5. The summed E-state index contributed by atoms with van der Waals surface area (Å²) >= 11 is 0. The minimum Gasteiger partial charge on any atom is -0.461 e. The largest absolute Gasteiger partial charge is 0.461 e. The van der Waals surface area contributed by atoms with E-state index in [1.807, 2.05) is 0 Å². The highest BCUT2D eigenvalue weighted by molar-refractivity contribution is 5.88. The Hall–Kier alpha value is -1.53. The van der Waals surface area contributed by atoms with E-state index in [0.29, 0.717) is 12.5 Å². The highest BCUT2D eigenvalue weighted by Gasteiger charge is 2.29. The van der Waals surface area contributed by atoms with Crippen LogP contribution < -0.4 is 0 Å². The van der Waals surface area contributed by atoms with E-state index in [0.717, 1.165) is 23.9 Å². The highest BCUT2D eigenvalue weighted by atomic mass is 19.3. The minimum absolute atomic E-state index is 0.122. The van der Waals surface area contributed by atoms with Crippen molar-refractivity contribution in [3.63, 3.8) is 0 Å². The van der Waals surface area contributed by atoms with Crippen molar-refractivity contribution in [3.8, 4) is 0 Å². The Morgan fingerprint density at radius 3 is 2.78 bits per heavy atom. The van der Waals surface area contributed by atoms with E-state index in [4.69, 9.17) is 0 Å². The van der Waals surface area contributed by atoms with Crippen LogP contribution in [0.25, 0.3) is 0 Å². The van der Waals surface area contributed by atoms with E-state index >= 15 is 0 Å². The van der Waals surface area contributed by atoms with Gasteiger partial charge in [0.15, 0.2) is 5.69 Å². The number of halogens is 2. The van der Waals surface area contributed by atoms with Crippen molar-refractivity contribution in [2.75, 3.05) is 6.61 Å². The second-order valence-electron chi connectivity index (χ2n) is 4.32. The normalized spacial score (nSPS) is 15.8. The SMILES string of the molecule is CCOC(=O)c1nnn(CC2CCC2)c1C(F)F. The third-order valence-electron chi connectivity index (χ3n) is 3.10. The summed E-state index contributed by atoms with van der Waals surface area (Å²) in [6.07, 6.45) is 0.363. The molecule has 0 radical (unpaired) electrons. The zero-order valence-corrected chi connectivity index (χ0v) is 10.1. The van der Waals surface area contributed by atoms with Crippen LogP contribution in [0.2, 0.25) is 0 Å². The van der Waals surface area contributed by atoms with Gasteiger partial charge in [0.2, 0.25) is 0 Å². The smallest absolute Gasteiger partial charge is 0.361 e. The molecule has 1 aliphatic carbocycles. The number of hydrogen-bond donors (Lipinski definition) is 0. The van der Waals surface area contributed by atoms with Crippen LogP contribution in [0.3, 0.4) is 0 Å². The van der Waals surface area contributed by atoms with E-state index < -0.39 is 18.1 Å². The Balaban J connectivity index is 2.21. The van der Waals surface area contributed by atoms with Crippen LogP contribution in [-0.2, 0) is 11.3 Å². The van der Waals surface area contributed by atoms with Crippen molar-refractivity contribution in [2.45, 2.75) is 39.2 Å². The lowest BCUT2D eigenvalue weighted by molar-refractivity contribution is 0.0506. The molecule has 0 spiro atoms. The van der Waals surface area contributed by atoms with E-state index in [2.05, 4.69) is 15.0 Å². The molecule has 0 aromatic carbocycles. The summed E-state index contributed by atoms with van der Waals surface area (Å²) in [4.78, 5) is 11.5. The Kier molecular flexibility index (Phi) is 3.88. The molecule has 0 atom stereocenters. The van der Waals surface area contributed by atoms with Crippen LogP contribution in [0.1, 0.15) is 48.8 Å². The van der Waals surface area contributed by atoms with Crippen molar-refractivity contribution < 1.29 is 18.3 Å². The van der Waals surface area contributed by atoms with Gasteiger partial charge in [0, 0.05) is 6.54 Å². The summed E-state index contributed by atoms with van der Waals surface area (Å²) < 4.78 is 31.8. The van der Waals surface area contributed by atoms with E-state index in [-0.39, 0.29) is 12.3 Å². The van der Waals surface area contributed by atoms with Crippen molar-refractivity contribution in [1.82, 2.24) is 15.0 Å². The first-order chi connectivity index (χ1) is 8.63. The summed E-state index contributed by atoms with van der Waals surface area (Å²) in [5, 5.41) is 7.17. The molecule has 0 N–H and O–H groups in total. The number of alkyl halides is 2. The Labute approximate surface area is 103 Å². The van der Waals surface area contributed by atoms with Crippen molar-refractivity contribution in [2.24, 2.45) is 5.92 Å². The van der Waals surface area contributed by atoms with E-state index in [1.165, 1.54) is 0 Å². The molecule has 0 bridgehead atoms. The van der Waals surface area contributed by atoms with Gasteiger partial charge in [0.25, 0.3) is 6.43 Å². The standard InChI is InChI=1S/C11H15F2N3O2/c1-2-18-11(17)8-9(10(12)13)16(15-14-8)6-7-4-3-5-7/h7,10H,2-6H2,1H3. The average Bonchev–Trinajstić information content (AvgIpc) is 2.67. The predicted molar refractivity (Wildman–Crippen MR) is 58.3 cm³/mol. The first-order valence-corrected chi connectivity index (χ1v) is 6.02. The van der Waals surface area contributed by atoms with Crippen LogP contribution in [0.5, 0.6) is 0 Å². The first kappa shape index (κ1) is 12.9. The highest BCUT2D eigenvalue weighted by Crippen LogP contribution is 2.30. The van der Waals surface area contributed by atoms with Crippen LogP contribution >= 0.6 is 0 Å². The third kappa shape index (κ3) is 2.49. The first-order valence-electron chi connectivity index (χ1n) is 6.02. The van der Waals surface area contributed by atoms with Crippen molar-refractivity contribution in [1.29, 1.82) is 0 Å². The molecule has 2 rings (SSSR count). The fourth-order valence-electron chi connectivity index (χ4n) is 1.94. The molecule has 1 aromatic rings. The van der Waals surface area contributed by atoms with E-state index in [1.54, 1.807) is 6.92 Å². The molecule has 7 heteroatoms. The van der Waals surface area contributed by atoms with Crippen molar-refractivity contribution >= 4 is 5.97 Å². The topological polar surface area (TPSA) is 57.0 Å². The second-order valence-corrected chi connectivity index (χ2v) is 4.32. The maximum Gasteiger partial charge on any atom is 0.361 e. The number of carbonyl (C=O) groups is 1. The van der Waals surface area contributed by atoms with Gasteiger partial charge in [0.1, 0.15) is 5.69 Å². The third-order valence-corrected chi connectivity index (χ3v) is 3.10. The summed E-state index contributed by atoms with van der Waals surface area (Å²) in [7, 11) is 0. The molecule has 100 valence electrons. The Morgan fingerprint density at radius 1 is 1.56 bits per heavy atom. The van der Waals surface area contributed by atoms with Gasteiger partial charge >= 0.3 is 5.97 Å². The number of carbonyl (C=O) groups excluding carboxylic acids is 1. The van der Waals surface area contributed by atoms with Gasteiger partial charge in [-0.05, 0) is 25.7 Å². The monoisotopic (exact) mass is 259 g/mol. The predicted octanol–water partition coefficient (Wildman–Crippen LogP) is 2.19. The van der Waals surface area contributed by atoms with Gasteiger partial charge in [-0.15, -0.1) is 5.10 Å². The van der Waals surface area contributed by atoms with Gasteiger partial charge < -0.3 is 4.74 Å². The van der Waals surface area contributed by atoms with Crippen molar-refractivity contribution in [3.05, 3.63) is 11.4 Å². The average molecular weight is 259 g/mol. The second kappa shape index (κ2) is 5.41. The fraction of sp³-hybridized carbons (Fsp3) is 0.727. The fourth-order valence-corrected chi connectivity index (χ4v) is 1.94. The zero-order chi connectivity index (χ0) is 13.1. The van der Waals surface area contributed by atoms with Gasteiger partial charge in [0.05, 0.1) is 6.61 Å². The summed E-state index contributed by atoms with van der Waals surface area (Å²) in [6, 6.07) is 0. The molecule has 0 amide bonds. The van der Waals surface area contributed by atoms with Crippen LogP contribution in [-0.4, -0.2) is 27.6 Å². The van der Waals surface area contributed by atoms with Crippen LogP contribution in [0, 0.1) is 5.92 Å². The number of ether oxygens (including phenoxy) is 1. The molecule has 18 heavy (non-hydrogen) atoms. The molecule has 1 saturated carbocycles. The summed E-state index contributed by atoms with van der Waals surface area (Å²) in [5.41, 5.74) is -0.800. The zero-order valence-electron chi connectivity index (χ0n) is 10.1. The number of aromatic nitrogens is 3. The van der Waals surface area contributed by atoms with Gasteiger partial charge in [-0.2, -0.15) is 0 Å². The van der Waals surface area contributed by atoms with E-state index in [9.17, 15) is 13.6 Å². The number of hydrogen-bond acceptors (Lipinski definition) is 4.